The molecule has 7 heteroatoms. The topological polar surface area (TPSA) is 84.7 Å². The smallest absolute Gasteiger partial charge is 0.339 e. The van der Waals surface area contributed by atoms with Crippen molar-refractivity contribution in [3.8, 4) is 5.75 Å². The standard InChI is InChI=1S/C18H21N3O4/c1-13-16(18(23)24)11-19-21(13)14-7-9-20(10-8-14)17(22)12-25-15-5-3-2-4-6-15/h2-6,11,14H,7-10,12H2,1H3,(H,23,24). The van der Waals surface area contributed by atoms with Gasteiger partial charge >= 0.3 is 5.97 Å². The number of hydrogen-bond donors (Lipinski definition) is 1. The van der Waals surface area contributed by atoms with E-state index in [1.165, 1.54) is 6.20 Å². The second-order valence-corrected chi connectivity index (χ2v) is 6.11. The van der Waals surface area contributed by atoms with E-state index in [-0.39, 0.29) is 24.1 Å². The zero-order valence-corrected chi connectivity index (χ0v) is 14.1. The van der Waals surface area contributed by atoms with Crippen LogP contribution in [0.1, 0.15) is 34.9 Å². The molecule has 25 heavy (non-hydrogen) atoms. The Hall–Kier alpha value is -2.83. The van der Waals surface area contributed by atoms with Crippen molar-refractivity contribution in [3.05, 3.63) is 47.8 Å². The molecule has 0 unspecified atom stereocenters. The monoisotopic (exact) mass is 343 g/mol. The van der Waals surface area contributed by atoms with Crippen LogP contribution in [0.15, 0.2) is 36.5 Å². The van der Waals surface area contributed by atoms with E-state index in [0.717, 1.165) is 12.8 Å². The summed E-state index contributed by atoms with van der Waals surface area (Å²) < 4.78 is 7.28. The van der Waals surface area contributed by atoms with Crippen molar-refractivity contribution < 1.29 is 19.4 Å². The quantitative estimate of drug-likeness (QED) is 0.899. The molecule has 132 valence electrons. The first kappa shape index (κ1) is 17.0. The van der Waals surface area contributed by atoms with Crippen LogP contribution >= 0.6 is 0 Å². The van der Waals surface area contributed by atoms with Crippen LogP contribution in [0, 0.1) is 6.92 Å². The van der Waals surface area contributed by atoms with Gasteiger partial charge in [0.25, 0.3) is 5.91 Å². The summed E-state index contributed by atoms with van der Waals surface area (Å²) in [6, 6.07) is 9.38. The molecule has 2 heterocycles. The van der Waals surface area contributed by atoms with Gasteiger partial charge in [-0.05, 0) is 31.9 Å². The van der Waals surface area contributed by atoms with Crippen molar-refractivity contribution in [2.24, 2.45) is 0 Å². The highest BCUT2D eigenvalue weighted by atomic mass is 16.5. The van der Waals surface area contributed by atoms with Gasteiger partial charge in [-0.3, -0.25) is 9.48 Å². The average molecular weight is 343 g/mol. The third kappa shape index (κ3) is 3.81. The molecular formula is C18H21N3O4. The number of ether oxygens (including phenoxy) is 1. The highest BCUT2D eigenvalue weighted by Gasteiger charge is 2.26. The molecule has 0 radical (unpaired) electrons. The molecule has 0 bridgehead atoms. The molecule has 1 amide bonds. The number of aromatic nitrogens is 2. The number of hydrogen-bond acceptors (Lipinski definition) is 4. The number of carbonyl (C=O) groups is 2. The van der Waals surface area contributed by atoms with Crippen LogP contribution in [0.4, 0.5) is 0 Å². The molecule has 1 aromatic carbocycles. The summed E-state index contributed by atoms with van der Waals surface area (Å²) in [5.41, 5.74) is 0.888. The SMILES string of the molecule is Cc1c(C(=O)O)cnn1C1CCN(C(=O)COc2ccccc2)CC1. The van der Waals surface area contributed by atoms with Gasteiger partial charge in [-0.25, -0.2) is 4.79 Å². The molecule has 1 aliphatic heterocycles. The predicted octanol–water partition coefficient (Wildman–Crippen LogP) is 2.13. The lowest BCUT2D eigenvalue weighted by molar-refractivity contribution is -0.134. The Bertz CT molecular complexity index is 749. The zero-order chi connectivity index (χ0) is 17.8. The van der Waals surface area contributed by atoms with Crippen LogP contribution in [0.2, 0.25) is 0 Å². The number of benzene rings is 1. The Kier molecular flexibility index (Phi) is 5.02. The minimum atomic E-state index is -0.963. The fourth-order valence-corrected chi connectivity index (χ4v) is 3.11. The molecule has 7 nitrogen and oxygen atoms in total. The van der Waals surface area contributed by atoms with E-state index < -0.39 is 5.97 Å². The van der Waals surface area contributed by atoms with Crippen LogP contribution in [0.3, 0.4) is 0 Å². The Labute approximate surface area is 145 Å². The number of amides is 1. The van der Waals surface area contributed by atoms with Gasteiger partial charge in [0.1, 0.15) is 11.3 Å². The number of carboxylic acids is 1. The molecule has 0 spiro atoms. The fourth-order valence-electron chi connectivity index (χ4n) is 3.11. The van der Waals surface area contributed by atoms with Crippen molar-refractivity contribution in [2.75, 3.05) is 19.7 Å². The first-order chi connectivity index (χ1) is 12.1. The Morgan fingerprint density at radius 1 is 1.24 bits per heavy atom. The zero-order valence-electron chi connectivity index (χ0n) is 14.1. The number of para-hydroxylation sites is 1. The third-order valence-corrected chi connectivity index (χ3v) is 4.54. The normalized spacial score (nSPS) is 15.2. The number of carbonyl (C=O) groups excluding carboxylic acids is 1. The average Bonchev–Trinajstić information content (AvgIpc) is 3.02. The molecular weight excluding hydrogens is 322 g/mol. The van der Waals surface area contributed by atoms with Crippen LogP contribution in [-0.4, -0.2) is 51.4 Å². The molecule has 0 aliphatic carbocycles. The molecule has 1 aromatic heterocycles. The number of aromatic carboxylic acids is 1. The van der Waals surface area contributed by atoms with E-state index in [0.29, 0.717) is 24.5 Å². The number of carboxylic acid groups (broad SMARTS) is 1. The Morgan fingerprint density at radius 3 is 2.52 bits per heavy atom. The van der Waals surface area contributed by atoms with Crippen molar-refractivity contribution >= 4 is 11.9 Å². The number of likely N-dealkylation sites (tertiary alicyclic amines) is 1. The highest BCUT2D eigenvalue weighted by Crippen LogP contribution is 2.24. The van der Waals surface area contributed by atoms with Gasteiger partial charge in [-0.2, -0.15) is 5.10 Å². The maximum Gasteiger partial charge on any atom is 0.339 e. The molecule has 1 aliphatic rings. The molecule has 1 fully saturated rings. The van der Waals surface area contributed by atoms with Crippen LogP contribution in [0.25, 0.3) is 0 Å². The van der Waals surface area contributed by atoms with Gasteiger partial charge in [0, 0.05) is 13.1 Å². The summed E-state index contributed by atoms with van der Waals surface area (Å²) in [5.74, 6) is -0.320. The third-order valence-electron chi connectivity index (χ3n) is 4.54. The first-order valence-electron chi connectivity index (χ1n) is 8.29. The lowest BCUT2D eigenvalue weighted by Gasteiger charge is -2.32. The maximum atomic E-state index is 12.3. The van der Waals surface area contributed by atoms with Crippen molar-refractivity contribution in [2.45, 2.75) is 25.8 Å². The fraction of sp³-hybridized carbons (Fsp3) is 0.389. The molecule has 2 aromatic rings. The maximum absolute atomic E-state index is 12.3. The second kappa shape index (κ2) is 7.38. The van der Waals surface area contributed by atoms with Gasteiger partial charge in [0.05, 0.1) is 17.9 Å². The van der Waals surface area contributed by atoms with Crippen LogP contribution < -0.4 is 4.74 Å². The molecule has 0 atom stereocenters. The van der Waals surface area contributed by atoms with E-state index in [1.807, 2.05) is 30.3 Å². The van der Waals surface area contributed by atoms with E-state index in [1.54, 1.807) is 16.5 Å². The van der Waals surface area contributed by atoms with Gasteiger partial charge in [0.2, 0.25) is 0 Å². The Morgan fingerprint density at radius 2 is 1.92 bits per heavy atom. The summed E-state index contributed by atoms with van der Waals surface area (Å²) >= 11 is 0. The predicted molar refractivity (Wildman–Crippen MR) is 90.7 cm³/mol. The first-order valence-corrected chi connectivity index (χ1v) is 8.29. The number of piperidine rings is 1. The Balaban J connectivity index is 1.53. The summed E-state index contributed by atoms with van der Waals surface area (Å²) in [6.45, 7) is 3.02. The highest BCUT2D eigenvalue weighted by molar-refractivity contribution is 5.88. The second-order valence-electron chi connectivity index (χ2n) is 6.11. The van der Waals surface area contributed by atoms with Crippen molar-refractivity contribution in [1.82, 2.24) is 14.7 Å². The minimum absolute atomic E-state index is 0.0264. The molecule has 0 saturated carbocycles. The summed E-state index contributed by atoms with van der Waals surface area (Å²) in [6.07, 6.45) is 2.89. The van der Waals surface area contributed by atoms with Gasteiger partial charge < -0.3 is 14.7 Å². The van der Waals surface area contributed by atoms with Gasteiger partial charge in [0.15, 0.2) is 6.61 Å². The minimum Gasteiger partial charge on any atom is -0.484 e. The lowest BCUT2D eigenvalue weighted by atomic mass is 10.0. The lowest BCUT2D eigenvalue weighted by Crippen LogP contribution is -2.41. The summed E-state index contributed by atoms with van der Waals surface area (Å²) in [5, 5.41) is 13.3. The van der Waals surface area contributed by atoms with Gasteiger partial charge in [-0.1, -0.05) is 18.2 Å². The van der Waals surface area contributed by atoms with Crippen LogP contribution in [-0.2, 0) is 4.79 Å². The van der Waals surface area contributed by atoms with Crippen molar-refractivity contribution in [3.63, 3.8) is 0 Å². The van der Waals surface area contributed by atoms with E-state index >= 15 is 0 Å². The molecule has 1 saturated heterocycles. The van der Waals surface area contributed by atoms with E-state index in [4.69, 9.17) is 9.84 Å². The van der Waals surface area contributed by atoms with Gasteiger partial charge in [-0.15, -0.1) is 0 Å². The summed E-state index contributed by atoms with van der Waals surface area (Å²) in [7, 11) is 0. The van der Waals surface area contributed by atoms with E-state index in [2.05, 4.69) is 5.10 Å². The van der Waals surface area contributed by atoms with Crippen molar-refractivity contribution in [1.29, 1.82) is 0 Å². The largest absolute Gasteiger partial charge is 0.484 e. The molecule has 1 N–H and O–H groups in total. The van der Waals surface area contributed by atoms with Crippen LogP contribution in [0.5, 0.6) is 5.75 Å². The number of rotatable bonds is 5. The molecule has 3 rings (SSSR count). The summed E-state index contributed by atoms with van der Waals surface area (Å²) in [4.78, 5) is 25.2. The number of nitrogens with zero attached hydrogens (tertiary/aromatic N) is 3. The van der Waals surface area contributed by atoms with E-state index in [9.17, 15) is 9.59 Å².